The van der Waals surface area contributed by atoms with Gasteiger partial charge in [-0.3, -0.25) is 0 Å². The summed E-state index contributed by atoms with van der Waals surface area (Å²) in [5, 5.41) is 4.81. The number of fused-ring (bicyclic) bond motifs is 5. The number of hydrogen-bond acceptors (Lipinski definition) is 3. The Morgan fingerprint density at radius 1 is 0.324 bits per heavy atom. The lowest BCUT2D eigenvalue weighted by Gasteiger charge is -2.29. The molecule has 336 valence electrons. The van der Waals surface area contributed by atoms with Crippen LogP contribution in [0.5, 0.6) is 0 Å². The van der Waals surface area contributed by atoms with E-state index in [4.69, 9.17) is 0 Å². The maximum Gasteiger partial charge on any atom is 0.0629 e. The van der Waals surface area contributed by atoms with Crippen molar-refractivity contribution in [2.24, 2.45) is 0 Å². The molecule has 71 heavy (non-hydrogen) atoms. The minimum absolute atomic E-state index is 0.206. The lowest BCUT2D eigenvalue weighted by molar-refractivity contribution is 0.745. The highest BCUT2D eigenvalue weighted by Crippen LogP contribution is 2.51. The third-order valence-electron chi connectivity index (χ3n) is 14.4. The van der Waals surface area contributed by atoms with Gasteiger partial charge in [0.05, 0.1) is 11.7 Å². The summed E-state index contributed by atoms with van der Waals surface area (Å²) in [6.45, 7) is 0. The Kier molecular flexibility index (Phi) is 10.7. The van der Waals surface area contributed by atoms with Crippen molar-refractivity contribution < 1.29 is 0 Å². The Balaban J connectivity index is 0.909. The van der Waals surface area contributed by atoms with Gasteiger partial charge in [-0.1, -0.05) is 200 Å². The maximum atomic E-state index is 2.50. The van der Waals surface area contributed by atoms with E-state index in [2.05, 4.69) is 300 Å². The number of benzene rings is 11. The van der Waals surface area contributed by atoms with E-state index >= 15 is 0 Å². The average Bonchev–Trinajstić information content (AvgIpc) is 3.78. The third-order valence-corrected chi connectivity index (χ3v) is 14.4. The van der Waals surface area contributed by atoms with E-state index < -0.39 is 0 Å². The molecule has 3 heteroatoms. The molecule has 0 aromatic heterocycles. The molecule has 11 aromatic carbocycles. The van der Waals surface area contributed by atoms with Crippen LogP contribution in [0.4, 0.5) is 45.5 Å². The number of hydrogen-bond donors (Lipinski definition) is 0. The van der Waals surface area contributed by atoms with Crippen molar-refractivity contribution in [3.8, 4) is 33.4 Å². The SMILES string of the molecule is C1=CC2c3cc(N(c4ccc(-c5ccccc5)cc4)c4ccc(-c5ccc(N(c6ccc(-c7ccccc7)cc6)c6ccc7ccccc7c6)cc5)c5ccccc45)ccc3N(c3ccccc3)C2C=C1. The molecule has 0 bridgehead atoms. The molecule has 2 unspecified atom stereocenters. The zero-order chi connectivity index (χ0) is 47.1. The predicted octanol–water partition coefficient (Wildman–Crippen LogP) is 18.7. The van der Waals surface area contributed by atoms with E-state index in [1.165, 1.54) is 66.3 Å². The fourth-order valence-corrected chi connectivity index (χ4v) is 10.9. The second-order valence-electron chi connectivity index (χ2n) is 18.5. The molecule has 0 radical (unpaired) electrons. The van der Waals surface area contributed by atoms with E-state index in [0.29, 0.717) is 0 Å². The standard InChI is InChI=1S/C68H49N3/c1-4-16-48(17-5-1)51-28-35-56(36-29-51)69(59-41-32-50-20-10-11-21-54(50)46-59)57-39-33-53(34-40-57)61-43-45-67(63-25-13-12-24-62(61)63)70(58-37-30-52(31-38-58)49-18-6-2-7-19-49)60-42-44-68-65(47-60)64-26-14-15-27-66(64)71(68)55-22-8-3-9-23-55/h1-47,64,66H. The molecular weight excluding hydrogens is 859 g/mol. The van der Waals surface area contributed by atoms with Gasteiger partial charge in [0, 0.05) is 51.1 Å². The first-order valence-corrected chi connectivity index (χ1v) is 24.6. The monoisotopic (exact) mass is 907 g/mol. The zero-order valence-corrected chi connectivity index (χ0v) is 39.1. The zero-order valence-electron chi connectivity index (χ0n) is 39.1. The molecule has 1 aliphatic heterocycles. The van der Waals surface area contributed by atoms with Crippen LogP contribution in [0, 0.1) is 0 Å². The van der Waals surface area contributed by atoms with Crippen molar-refractivity contribution in [2.75, 3.05) is 14.7 Å². The molecule has 0 saturated carbocycles. The molecule has 0 N–H and O–H groups in total. The van der Waals surface area contributed by atoms with Gasteiger partial charge in [0.25, 0.3) is 0 Å². The highest BCUT2D eigenvalue weighted by atomic mass is 15.2. The van der Waals surface area contributed by atoms with Gasteiger partial charge in [-0.05, 0) is 140 Å². The fourth-order valence-electron chi connectivity index (χ4n) is 10.9. The first kappa shape index (κ1) is 42.0. The second-order valence-corrected chi connectivity index (χ2v) is 18.5. The smallest absolute Gasteiger partial charge is 0.0629 e. The first-order chi connectivity index (χ1) is 35.2. The topological polar surface area (TPSA) is 9.72 Å². The minimum Gasteiger partial charge on any atom is -0.333 e. The summed E-state index contributed by atoms with van der Waals surface area (Å²) in [6.07, 6.45) is 9.11. The van der Waals surface area contributed by atoms with Crippen LogP contribution in [0.1, 0.15) is 11.5 Å². The number of anilines is 8. The summed E-state index contributed by atoms with van der Waals surface area (Å²) in [5.74, 6) is 0.227. The van der Waals surface area contributed by atoms with Crippen LogP contribution in [0.3, 0.4) is 0 Å². The van der Waals surface area contributed by atoms with Gasteiger partial charge < -0.3 is 14.7 Å². The van der Waals surface area contributed by atoms with Gasteiger partial charge in [-0.15, -0.1) is 0 Å². The summed E-state index contributed by atoms with van der Waals surface area (Å²) in [6, 6.07) is 95.3. The molecule has 1 heterocycles. The molecule has 1 aliphatic carbocycles. The summed E-state index contributed by atoms with van der Waals surface area (Å²) >= 11 is 0. The lowest BCUT2D eigenvalue weighted by atomic mass is 9.91. The molecule has 2 aliphatic rings. The maximum absolute atomic E-state index is 2.50. The van der Waals surface area contributed by atoms with E-state index in [1.807, 2.05) is 0 Å². The molecule has 0 saturated heterocycles. The number of nitrogens with zero attached hydrogens (tertiary/aromatic N) is 3. The van der Waals surface area contributed by atoms with E-state index in [9.17, 15) is 0 Å². The largest absolute Gasteiger partial charge is 0.333 e. The van der Waals surface area contributed by atoms with Crippen LogP contribution in [0.25, 0.3) is 54.9 Å². The molecule has 13 rings (SSSR count). The van der Waals surface area contributed by atoms with Crippen molar-refractivity contribution in [3.05, 3.63) is 291 Å². The minimum atomic E-state index is 0.206. The van der Waals surface area contributed by atoms with Gasteiger partial charge in [-0.2, -0.15) is 0 Å². The molecule has 2 atom stereocenters. The van der Waals surface area contributed by atoms with E-state index in [0.717, 1.165) is 39.7 Å². The van der Waals surface area contributed by atoms with Crippen molar-refractivity contribution >= 4 is 67.0 Å². The van der Waals surface area contributed by atoms with Crippen LogP contribution < -0.4 is 14.7 Å². The number of rotatable bonds is 10. The highest BCUT2D eigenvalue weighted by molar-refractivity contribution is 6.06. The summed E-state index contributed by atoms with van der Waals surface area (Å²) in [7, 11) is 0. The second kappa shape index (κ2) is 18.0. The average molecular weight is 908 g/mol. The summed E-state index contributed by atoms with van der Waals surface area (Å²) in [5.41, 5.74) is 17.6. The Morgan fingerprint density at radius 3 is 1.48 bits per heavy atom. The van der Waals surface area contributed by atoms with Crippen LogP contribution in [-0.4, -0.2) is 6.04 Å². The van der Waals surface area contributed by atoms with Crippen LogP contribution in [-0.2, 0) is 0 Å². The molecule has 0 fully saturated rings. The molecule has 11 aromatic rings. The fraction of sp³-hybridized carbons (Fsp3) is 0.0294. The van der Waals surface area contributed by atoms with Gasteiger partial charge in [-0.25, -0.2) is 0 Å². The van der Waals surface area contributed by atoms with Crippen LogP contribution in [0.2, 0.25) is 0 Å². The van der Waals surface area contributed by atoms with Gasteiger partial charge in [0.15, 0.2) is 0 Å². The Bertz CT molecular complexity index is 3750. The third kappa shape index (κ3) is 7.75. The molecule has 3 nitrogen and oxygen atoms in total. The highest BCUT2D eigenvalue weighted by Gasteiger charge is 2.38. The van der Waals surface area contributed by atoms with Crippen molar-refractivity contribution in [3.63, 3.8) is 0 Å². The molecule has 0 amide bonds. The quantitative estimate of drug-likeness (QED) is 0.135. The van der Waals surface area contributed by atoms with Crippen LogP contribution in [0.15, 0.2) is 285 Å². The molecular formula is C68H49N3. The van der Waals surface area contributed by atoms with Gasteiger partial charge in [0.1, 0.15) is 0 Å². The van der Waals surface area contributed by atoms with E-state index in [1.54, 1.807) is 0 Å². The van der Waals surface area contributed by atoms with Gasteiger partial charge in [0.2, 0.25) is 0 Å². The molecule has 0 spiro atoms. The van der Waals surface area contributed by atoms with Crippen molar-refractivity contribution in [1.29, 1.82) is 0 Å². The number of allylic oxidation sites excluding steroid dienone is 2. The van der Waals surface area contributed by atoms with E-state index in [-0.39, 0.29) is 12.0 Å². The van der Waals surface area contributed by atoms with Gasteiger partial charge >= 0.3 is 0 Å². The first-order valence-electron chi connectivity index (χ1n) is 24.6. The normalized spacial score (nSPS) is 14.6. The van der Waals surface area contributed by atoms with Crippen molar-refractivity contribution in [2.45, 2.75) is 12.0 Å². The summed E-state index contributed by atoms with van der Waals surface area (Å²) in [4.78, 5) is 7.32. The summed E-state index contributed by atoms with van der Waals surface area (Å²) < 4.78 is 0. The Labute approximate surface area is 415 Å². The number of para-hydroxylation sites is 1. The van der Waals surface area contributed by atoms with Crippen LogP contribution >= 0.6 is 0 Å². The van der Waals surface area contributed by atoms with Crippen molar-refractivity contribution in [1.82, 2.24) is 0 Å². The Morgan fingerprint density at radius 2 is 0.817 bits per heavy atom. The predicted molar refractivity (Wildman–Crippen MR) is 301 cm³/mol. The Hall–Kier alpha value is -9.18. The lowest BCUT2D eigenvalue weighted by Crippen LogP contribution is -2.28.